The molecule has 5 nitrogen and oxygen atoms in total. The molecule has 17 heavy (non-hydrogen) atoms. The van der Waals surface area contributed by atoms with Crippen molar-refractivity contribution in [1.82, 2.24) is 15.5 Å². The summed E-state index contributed by atoms with van der Waals surface area (Å²) in [5.41, 5.74) is 0. The number of carbonyl (C=O) groups is 1. The molecule has 0 aromatic carbocycles. The minimum Gasteiger partial charge on any atom is -0.319 e. The first-order chi connectivity index (χ1) is 7.54. The van der Waals surface area contributed by atoms with Crippen molar-refractivity contribution in [2.45, 2.75) is 13.3 Å². The Morgan fingerprint density at radius 1 is 1.47 bits per heavy atom. The minimum atomic E-state index is -2.65. The fraction of sp³-hybridized carbons (Fsp3) is 0.625. The first kappa shape index (κ1) is 16.1. The first-order valence-electron chi connectivity index (χ1n) is 4.61. The van der Waals surface area contributed by atoms with Gasteiger partial charge in [-0.3, -0.25) is 4.79 Å². The summed E-state index contributed by atoms with van der Waals surface area (Å²) in [7, 11) is 1.73. The molecule has 1 amide bonds. The van der Waals surface area contributed by atoms with Gasteiger partial charge in [-0.2, -0.15) is 0 Å². The number of rotatable bonds is 5. The zero-order chi connectivity index (χ0) is 12.1. The number of anilines is 1. The Kier molecular flexibility index (Phi) is 7.09. The van der Waals surface area contributed by atoms with Crippen molar-refractivity contribution < 1.29 is 13.6 Å². The second kappa shape index (κ2) is 7.46. The highest BCUT2D eigenvalue weighted by atomic mass is 35.5. The predicted molar refractivity (Wildman–Crippen MR) is 63.8 cm³/mol. The van der Waals surface area contributed by atoms with Crippen molar-refractivity contribution in [2.75, 3.05) is 18.9 Å². The van der Waals surface area contributed by atoms with E-state index in [1.54, 1.807) is 14.0 Å². The third-order valence-corrected chi connectivity index (χ3v) is 2.66. The van der Waals surface area contributed by atoms with E-state index in [1.165, 1.54) is 0 Å². The molecule has 1 heterocycles. The fourth-order valence-corrected chi connectivity index (χ4v) is 1.60. The molecule has 0 aliphatic heterocycles. The van der Waals surface area contributed by atoms with Crippen LogP contribution in [0.15, 0.2) is 0 Å². The van der Waals surface area contributed by atoms with Crippen molar-refractivity contribution in [3.63, 3.8) is 0 Å². The second-order valence-corrected chi connectivity index (χ2v) is 4.20. The van der Waals surface area contributed by atoms with Crippen LogP contribution >= 0.6 is 23.7 Å². The highest BCUT2D eigenvalue weighted by Gasteiger charge is 2.17. The van der Waals surface area contributed by atoms with Gasteiger partial charge >= 0.3 is 0 Å². The van der Waals surface area contributed by atoms with Crippen molar-refractivity contribution in [3.05, 3.63) is 5.01 Å². The Morgan fingerprint density at radius 2 is 2.12 bits per heavy atom. The van der Waals surface area contributed by atoms with Crippen LogP contribution in [0, 0.1) is 5.92 Å². The lowest BCUT2D eigenvalue weighted by Gasteiger charge is -2.08. The predicted octanol–water partition coefficient (Wildman–Crippen LogP) is 1.69. The molecule has 1 aromatic rings. The molecule has 1 aromatic heterocycles. The number of hydrogen-bond acceptors (Lipinski definition) is 5. The van der Waals surface area contributed by atoms with Gasteiger partial charge in [0.25, 0.3) is 6.43 Å². The van der Waals surface area contributed by atoms with Gasteiger partial charge in [0.1, 0.15) is 0 Å². The molecule has 0 saturated carbocycles. The highest BCUT2D eigenvalue weighted by molar-refractivity contribution is 7.15. The number of hydrogen-bond donors (Lipinski definition) is 2. The maximum Gasteiger partial charge on any atom is 0.291 e. The lowest BCUT2D eigenvalue weighted by molar-refractivity contribution is -0.119. The quantitative estimate of drug-likeness (QED) is 0.864. The number of halogens is 3. The van der Waals surface area contributed by atoms with Crippen molar-refractivity contribution in [1.29, 1.82) is 0 Å². The molecular weight excluding hydrogens is 274 g/mol. The van der Waals surface area contributed by atoms with Gasteiger partial charge in [0.05, 0.1) is 0 Å². The zero-order valence-corrected chi connectivity index (χ0v) is 10.9. The van der Waals surface area contributed by atoms with Crippen LogP contribution in [0.3, 0.4) is 0 Å². The van der Waals surface area contributed by atoms with E-state index in [9.17, 15) is 13.6 Å². The molecular formula is C8H13ClF2N4OS. The van der Waals surface area contributed by atoms with Crippen LogP contribution in [0.25, 0.3) is 0 Å². The number of nitrogens with one attached hydrogen (secondary N) is 2. The van der Waals surface area contributed by atoms with Gasteiger partial charge in [0.15, 0.2) is 5.01 Å². The molecule has 0 fully saturated rings. The Hall–Kier alpha value is -0.860. The second-order valence-electron chi connectivity index (χ2n) is 3.19. The molecule has 98 valence electrons. The summed E-state index contributed by atoms with van der Waals surface area (Å²) in [5, 5.41) is 11.7. The maximum absolute atomic E-state index is 12.2. The van der Waals surface area contributed by atoms with Crippen LogP contribution in [0.5, 0.6) is 0 Å². The summed E-state index contributed by atoms with van der Waals surface area (Å²) in [6, 6.07) is 0. The molecule has 0 bridgehead atoms. The van der Waals surface area contributed by atoms with E-state index in [0.717, 1.165) is 0 Å². The van der Waals surface area contributed by atoms with E-state index in [1.807, 2.05) is 0 Å². The van der Waals surface area contributed by atoms with Crippen LogP contribution in [0.1, 0.15) is 18.4 Å². The largest absolute Gasteiger partial charge is 0.319 e. The Morgan fingerprint density at radius 3 is 2.59 bits per heavy atom. The topological polar surface area (TPSA) is 66.9 Å². The molecule has 1 rings (SSSR count). The molecule has 0 spiro atoms. The van der Waals surface area contributed by atoms with Gasteiger partial charge in [-0.25, -0.2) is 8.78 Å². The summed E-state index contributed by atoms with van der Waals surface area (Å²) >= 11 is 0.680. The summed E-state index contributed by atoms with van der Waals surface area (Å²) in [6.45, 7) is 2.23. The minimum absolute atomic E-state index is 0. The summed E-state index contributed by atoms with van der Waals surface area (Å²) in [4.78, 5) is 11.5. The van der Waals surface area contributed by atoms with Gasteiger partial charge in [0.2, 0.25) is 11.0 Å². The molecule has 0 aliphatic carbocycles. The van der Waals surface area contributed by atoms with E-state index >= 15 is 0 Å². The third-order valence-electron chi connectivity index (χ3n) is 1.82. The molecule has 1 unspecified atom stereocenters. The van der Waals surface area contributed by atoms with E-state index in [2.05, 4.69) is 20.8 Å². The summed E-state index contributed by atoms with van der Waals surface area (Å²) in [5.74, 6) is -0.532. The number of carbonyl (C=O) groups excluding carboxylic acids is 1. The normalized spacial score (nSPS) is 12.1. The van der Waals surface area contributed by atoms with Crippen LogP contribution < -0.4 is 10.6 Å². The molecule has 0 saturated heterocycles. The number of aromatic nitrogens is 2. The zero-order valence-electron chi connectivity index (χ0n) is 9.24. The smallest absolute Gasteiger partial charge is 0.291 e. The van der Waals surface area contributed by atoms with Gasteiger partial charge in [-0.1, -0.05) is 18.3 Å². The van der Waals surface area contributed by atoms with Gasteiger partial charge in [0, 0.05) is 12.5 Å². The average Bonchev–Trinajstić information content (AvgIpc) is 2.66. The van der Waals surface area contributed by atoms with Crippen LogP contribution in [-0.4, -0.2) is 29.7 Å². The van der Waals surface area contributed by atoms with Gasteiger partial charge in [-0.05, 0) is 7.05 Å². The number of nitrogens with zero attached hydrogens (tertiary/aromatic N) is 2. The lowest BCUT2D eigenvalue weighted by atomic mass is 10.2. The van der Waals surface area contributed by atoms with E-state index in [4.69, 9.17) is 0 Å². The van der Waals surface area contributed by atoms with Crippen molar-refractivity contribution in [3.8, 4) is 0 Å². The van der Waals surface area contributed by atoms with Crippen LogP contribution in [0.4, 0.5) is 13.9 Å². The standard InChI is InChI=1S/C8H12F2N4OS.ClH/c1-4(3-11-2)6(15)12-8-14-13-7(16-8)5(9)10;/h4-5,11H,3H2,1-2H3,(H,12,14,15);1H. The first-order valence-corrected chi connectivity index (χ1v) is 5.43. The number of alkyl halides is 2. The van der Waals surface area contributed by atoms with Gasteiger partial charge in [-0.15, -0.1) is 22.6 Å². The highest BCUT2D eigenvalue weighted by Crippen LogP contribution is 2.25. The molecule has 0 aliphatic rings. The average molecular weight is 287 g/mol. The molecule has 2 N–H and O–H groups in total. The Labute approximate surface area is 107 Å². The van der Waals surface area contributed by atoms with Crippen molar-refractivity contribution in [2.24, 2.45) is 5.92 Å². The van der Waals surface area contributed by atoms with Gasteiger partial charge < -0.3 is 10.6 Å². The third kappa shape index (κ3) is 4.88. The monoisotopic (exact) mass is 286 g/mol. The lowest BCUT2D eigenvalue weighted by Crippen LogP contribution is -2.28. The molecule has 1 atom stereocenters. The Bertz CT molecular complexity index is 363. The Balaban J connectivity index is 0.00000256. The molecule has 9 heteroatoms. The van der Waals surface area contributed by atoms with E-state index in [-0.39, 0.29) is 29.4 Å². The van der Waals surface area contributed by atoms with Crippen LogP contribution in [0.2, 0.25) is 0 Å². The number of amides is 1. The summed E-state index contributed by atoms with van der Waals surface area (Å²) < 4.78 is 24.4. The fourth-order valence-electron chi connectivity index (χ4n) is 1.00. The van der Waals surface area contributed by atoms with Crippen molar-refractivity contribution >= 4 is 34.8 Å². The van der Waals surface area contributed by atoms with E-state index in [0.29, 0.717) is 17.9 Å². The van der Waals surface area contributed by atoms with E-state index < -0.39 is 11.4 Å². The molecule has 0 radical (unpaired) electrons. The SMILES string of the molecule is CNCC(C)C(=O)Nc1nnc(C(F)F)s1.Cl. The maximum atomic E-state index is 12.2. The van der Waals surface area contributed by atoms with Crippen LogP contribution in [-0.2, 0) is 4.79 Å². The summed E-state index contributed by atoms with van der Waals surface area (Å²) in [6.07, 6.45) is -2.65.